The molecule has 0 saturated carbocycles. The maximum Gasteiger partial charge on any atom is 0.228 e. The number of likely N-dealkylation sites (tertiary alicyclic amines) is 1. The van der Waals surface area contributed by atoms with Gasteiger partial charge >= 0.3 is 0 Å². The number of aliphatic hydroxyl groups excluding tert-OH is 1. The van der Waals surface area contributed by atoms with E-state index in [1.807, 2.05) is 25.7 Å². The highest BCUT2D eigenvalue weighted by atomic mass is 16.5. The number of nitrogens with zero attached hydrogens (tertiary/aromatic N) is 1. The number of carbonyl (C=O) groups is 1. The fraction of sp³-hybridized carbons (Fsp3) is 0.917. The highest BCUT2D eigenvalue weighted by Gasteiger charge is 2.38. The zero-order chi connectivity index (χ0) is 12.3. The topological polar surface area (TPSA) is 49.8 Å². The summed E-state index contributed by atoms with van der Waals surface area (Å²) in [4.78, 5) is 14.1. The first-order valence-electron chi connectivity index (χ1n) is 5.85. The minimum Gasteiger partial charge on any atom is -0.396 e. The fourth-order valence-electron chi connectivity index (χ4n) is 2.15. The van der Waals surface area contributed by atoms with Crippen molar-refractivity contribution in [2.45, 2.75) is 45.8 Å². The summed E-state index contributed by atoms with van der Waals surface area (Å²) in [6.45, 7) is 6.54. The van der Waals surface area contributed by atoms with E-state index in [0.29, 0.717) is 13.0 Å². The summed E-state index contributed by atoms with van der Waals surface area (Å²) in [5.74, 6) is 0.144. The van der Waals surface area contributed by atoms with E-state index in [1.54, 1.807) is 7.11 Å². The van der Waals surface area contributed by atoms with Crippen LogP contribution in [0.4, 0.5) is 0 Å². The van der Waals surface area contributed by atoms with Crippen molar-refractivity contribution in [2.75, 3.05) is 20.3 Å². The number of methoxy groups -OCH3 is 1. The van der Waals surface area contributed by atoms with Crippen molar-refractivity contribution in [3.63, 3.8) is 0 Å². The van der Waals surface area contributed by atoms with Crippen molar-refractivity contribution in [3.8, 4) is 0 Å². The highest BCUT2D eigenvalue weighted by Crippen LogP contribution is 2.28. The van der Waals surface area contributed by atoms with Gasteiger partial charge in [0.2, 0.25) is 5.91 Å². The maximum atomic E-state index is 12.2. The molecule has 94 valence electrons. The number of hydrogen-bond acceptors (Lipinski definition) is 3. The molecule has 1 aliphatic rings. The molecule has 4 heteroatoms. The van der Waals surface area contributed by atoms with E-state index >= 15 is 0 Å². The van der Waals surface area contributed by atoms with Crippen LogP contribution in [-0.4, -0.2) is 48.3 Å². The van der Waals surface area contributed by atoms with E-state index in [2.05, 4.69) is 0 Å². The normalized spacial score (nSPS) is 26.2. The first-order chi connectivity index (χ1) is 7.40. The van der Waals surface area contributed by atoms with Crippen molar-refractivity contribution in [1.29, 1.82) is 0 Å². The first-order valence-corrected chi connectivity index (χ1v) is 5.85. The molecule has 0 aromatic heterocycles. The lowest BCUT2D eigenvalue weighted by Crippen LogP contribution is -2.43. The van der Waals surface area contributed by atoms with Crippen LogP contribution in [0.5, 0.6) is 0 Å². The molecule has 0 spiro atoms. The predicted octanol–water partition coefficient (Wildman–Crippen LogP) is 1.03. The number of ether oxygens (including phenoxy) is 1. The number of hydrogen-bond donors (Lipinski definition) is 1. The van der Waals surface area contributed by atoms with E-state index in [4.69, 9.17) is 9.84 Å². The van der Waals surface area contributed by atoms with Crippen LogP contribution in [0.25, 0.3) is 0 Å². The third-order valence-corrected chi connectivity index (χ3v) is 3.07. The van der Waals surface area contributed by atoms with Gasteiger partial charge in [0.05, 0.1) is 6.10 Å². The Morgan fingerprint density at radius 3 is 2.56 bits per heavy atom. The molecule has 4 nitrogen and oxygen atoms in total. The zero-order valence-corrected chi connectivity index (χ0v) is 10.7. The van der Waals surface area contributed by atoms with Gasteiger partial charge < -0.3 is 14.7 Å². The predicted molar refractivity (Wildman–Crippen MR) is 62.1 cm³/mol. The van der Waals surface area contributed by atoms with Gasteiger partial charge in [-0.1, -0.05) is 20.8 Å². The molecule has 0 bridgehead atoms. The van der Waals surface area contributed by atoms with E-state index in [-0.39, 0.29) is 30.1 Å². The second-order valence-electron chi connectivity index (χ2n) is 5.47. The lowest BCUT2D eigenvalue weighted by atomic mass is 9.94. The molecule has 0 radical (unpaired) electrons. The summed E-state index contributed by atoms with van der Waals surface area (Å²) in [7, 11) is 1.67. The van der Waals surface area contributed by atoms with Gasteiger partial charge in [-0.15, -0.1) is 0 Å². The van der Waals surface area contributed by atoms with Crippen molar-refractivity contribution < 1.29 is 14.6 Å². The van der Waals surface area contributed by atoms with E-state index in [9.17, 15) is 4.79 Å². The van der Waals surface area contributed by atoms with Gasteiger partial charge in [-0.2, -0.15) is 0 Å². The quantitative estimate of drug-likeness (QED) is 0.786. The smallest absolute Gasteiger partial charge is 0.228 e. The van der Waals surface area contributed by atoms with Crippen molar-refractivity contribution >= 4 is 5.91 Å². The van der Waals surface area contributed by atoms with Crippen LogP contribution in [0.15, 0.2) is 0 Å². The monoisotopic (exact) mass is 229 g/mol. The molecule has 1 rings (SSSR count). The Morgan fingerprint density at radius 2 is 2.12 bits per heavy atom. The third-order valence-electron chi connectivity index (χ3n) is 3.07. The van der Waals surface area contributed by atoms with E-state index in [0.717, 1.165) is 6.42 Å². The molecule has 0 aromatic rings. The average molecular weight is 229 g/mol. The molecule has 1 heterocycles. The van der Waals surface area contributed by atoms with Gasteiger partial charge in [0.1, 0.15) is 0 Å². The average Bonchev–Trinajstić information content (AvgIpc) is 2.59. The number of rotatable bonds is 3. The molecule has 1 amide bonds. The molecule has 0 aromatic carbocycles. The van der Waals surface area contributed by atoms with Crippen molar-refractivity contribution in [3.05, 3.63) is 0 Å². The largest absolute Gasteiger partial charge is 0.396 e. The van der Waals surface area contributed by atoms with Crippen molar-refractivity contribution in [2.24, 2.45) is 5.41 Å². The van der Waals surface area contributed by atoms with Crippen LogP contribution >= 0.6 is 0 Å². The Morgan fingerprint density at radius 1 is 1.50 bits per heavy atom. The van der Waals surface area contributed by atoms with Gasteiger partial charge in [0.15, 0.2) is 0 Å². The zero-order valence-electron chi connectivity index (χ0n) is 10.7. The summed E-state index contributed by atoms with van der Waals surface area (Å²) in [6.07, 6.45) is 1.59. The van der Waals surface area contributed by atoms with Crippen LogP contribution in [0.2, 0.25) is 0 Å². The standard InChI is InChI=1S/C12H23NO3/c1-12(2,3)11(15)13-8-10(16-4)7-9(13)5-6-14/h9-10,14H,5-8H2,1-4H3. The minimum absolute atomic E-state index is 0.114. The van der Waals surface area contributed by atoms with Crippen molar-refractivity contribution in [1.82, 2.24) is 4.90 Å². The summed E-state index contributed by atoms with van der Waals surface area (Å²) < 4.78 is 5.31. The summed E-state index contributed by atoms with van der Waals surface area (Å²) in [5, 5.41) is 9.01. The molecule has 16 heavy (non-hydrogen) atoms. The van der Waals surface area contributed by atoms with Crippen LogP contribution in [0.3, 0.4) is 0 Å². The second kappa shape index (κ2) is 5.15. The summed E-state index contributed by atoms with van der Waals surface area (Å²) >= 11 is 0. The Labute approximate surface area is 97.6 Å². The van der Waals surface area contributed by atoms with Gasteiger partial charge in [-0.3, -0.25) is 4.79 Å². The fourth-order valence-corrected chi connectivity index (χ4v) is 2.15. The Bertz CT molecular complexity index is 247. The Hall–Kier alpha value is -0.610. The van der Waals surface area contributed by atoms with Crippen LogP contribution in [-0.2, 0) is 9.53 Å². The lowest BCUT2D eigenvalue weighted by Gasteiger charge is -2.30. The van der Waals surface area contributed by atoms with Gasteiger partial charge in [-0.05, 0) is 12.8 Å². The minimum atomic E-state index is -0.365. The second-order valence-corrected chi connectivity index (χ2v) is 5.47. The molecule has 0 aliphatic carbocycles. The Kier molecular flexibility index (Phi) is 4.33. The molecular weight excluding hydrogens is 206 g/mol. The lowest BCUT2D eigenvalue weighted by molar-refractivity contribution is -0.140. The molecule has 1 aliphatic heterocycles. The van der Waals surface area contributed by atoms with E-state index in [1.165, 1.54) is 0 Å². The number of aliphatic hydroxyl groups is 1. The number of amides is 1. The van der Waals surface area contributed by atoms with Crippen LogP contribution in [0, 0.1) is 5.41 Å². The van der Waals surface area contributed by atoms with Gasteiger partial charge in [0, 0.05) is 31.7 Å². The summed E-state index contributed by atoms with van der Waals surface area (Å²) in [5.41, 5.74) is -0.365. The molecule has 1 saturated heterocycles. The summed E-state index contributed by atoms with van der Waals surface area (Å²) in [6, 6.07) is 0.127. The van der Waals surface area contributed by atoms with Crippen LogP contribution in [0.1, 0.15) is 33.6 Å². The van der Waals surface area contributed by atoms with E-state index < -0.39 is 0 Å². The molecular formula is C12H23NO3. The first kappa shape index (κ1) is 13.5. The van der Waals surface area contributed by atoms with Gasteiger partial charge in [0.25, 0.3) is 0 Å². The molecule has 1 N–H and O–H groups in total. The molecule has 2 atom stereocenters. The third kappa shape index (κ3) is 2.95. The molecule has 2 unspecified atom stereocenters. The number of carbonyl (C=O) groups excluding carboxylic acids is 1. The Balaban J connectivity index is 2.72. The highest BCUT2D eigenvalue weighted by molar-refractivity contribution is 5.82. The molecule has 1 fully saturated rings. The van der Waals surface area contributed by atoms with Crippen LogP contribution < -0.4 is 0 Å². The maximum absolute atomic E-state index is 12.2. The SMILES string of the molecule is COC1CC(CCO)N(C(=O)C(C)(C)C)C1. The van der Waals surface area contributed by atoms with Gasteiger partial charge in [-0.25, -0.2) is 0 Å².